The minimum absolute atomic E-state index is 0.0217. The van der Waals surface area contributed by atoms with Crippen molar-refractivity contribution in [1.29, 1.82) is 5.26 Å². The molecule has 0 unspecified atom stereocenters. The molecule has 0 bridgehead atoms. The van der Waals surface area contributed by atoms with Crippen molar-refractivity contribution in [3.63, 3.8) is 0 Å². The van der Waals surface area contributed by atoms with Crippen molar-refractivity contribution in [2.24, 2.45) is 5.41 Å². The number of methoxy groups -OCH3 is 1. The average molecular weight is 646 g/mol. The maximum Gasteiger partial charge on any atom is 0.333 e. The van der Waals surface area contributed by atoms with Crippen molar-refractivity contribution >= 4 is 43.5 Å². The molecule has 216 valence electrons. The third-order valence-electron chi connectivity index (χ3n) is 6.71. The summed E-state index contributed by atoms with van der Waals surface area (Å²) in [7, 11) is 1.51. The molecule has 0 spiro atoms. The van der Waals surface area contributed by atoms with E-state index >= 15 is 0 Å². The molecule has 3 heterocycles. The molecule has 0 aliphatic rings. The molecule has 4 aromatic rings. The van der Waals surface area contributed by atoms with Crippen LogP contribution in [0.25, 0.3) is 15.2 Å². The molecule has 1 N–H and O–H groups in total. The molecule has 1 atom stereocenters. The minimum atomic E-state index is -1.87. The number of hydrogen-bond acceptors (Lipinski definition) is 9. The summed E-state index contributed by atoms with van der Waals surface area (Å²) >= 11 is 4.61. The van der Waals surface area contributed by atoms with Gasteiger partial charge in [-0.1, -0.05) is 27.3 Å². The van der Waals surface area contributed by atoms with Crippen LogP contribution in [0.3, 0.4) is 0 Å². The zero-order valence-corrected chi connectivity index (χ0v) is 25.7. The number of aliphatic carboxylic acids is 1. The number of carboxylic acid groups (broad SMARTS) is 1. The Balaban J connectivity index is 2.04. The van der Waals surface area contributed by atoms with Crippen LogP contribution in [-0.2, 0) is 21.6 Å². The largest absolute Gasteiger partial charge is 0.496 e. The summed E-state index contributed by atoms with van der Waals surface area (Å²) in [6.07, 6.45) is 2.15. The molecule has 0 radical (unpaired) electrons. The second kappa shape index (κ2) is 11.2. The Kier molecular flexibility index (Phi) is 8.26. The van der Waals surface area contributed by atoms with Crippen molar-refractivity contribution in [3.8, 4) is 16.8 Å². The Morgan fingerprint density at radius 2 is 1.88 bits per heavy atom. The van der Waals surface area contributed by atoms with E-state index in [2.05, 4.69) is 32.2 Å². The maximum atomic E-state index is 14.1. The number of rotatable bonds is 10. The van der Waals surface area contributed by atoms with Crippen molar-refractivity contribution < 1.29 is 19.4 Å². The molecule has 1 aromatic carbocycles. The van der Waals surface area contributed by atoms with Gasteiger partial charge >= 0.3 is 11.7 Å². The fourth-order valence-electron chi connectivity index (χ4n) is 4.30. The van der Waals surface area contributed by atoms with Gasteiger partial charge in [-0.2, -0.15) is 15.5 Å². The minimum Gasteiger partial charge on any atom is -0.496 e. The lowest BCUT2D eigenvalue weighted by Gasteiger charge is -2.27. The fourth-order valence-corrected chi connectivity index (χ4v) is 5.90. The lowest BCUT2D eigenvalue weighted by molar-refractivity contribution is -0.146. The van der Waals surface area contributed by atoms with Gasteiger partial charge in [0, 0.05) is 15.6 Å². The molecular weight excluding hydrogens is 616 g/mol. The summed E-state index contributed by atoms with van der Waals surface area (Å²) in [5, 5.41) is 28.6. The van der Waals surface area contributed by atoms with Crippen molar-refractivity contribution in [3.05, 3.63) is 67.0 Å². The van der Waals surface area contributed by atoms with Gasteiger partial charge in [-0.25, -0.2) is 14.2 Å². The third kappa shape index (κ3) is 5.57. The normalized spacial score (nSPS) is 12.8. The Morgan fingerprint density at radius 3 is 2.46 bits per heavy atom. The highest BCUT2D eigenvalue weighted by Crippen LogP contribution is 2.36. The van der Waals surface area contributed by atoms with Crippen LogP contribution >= 0.6 is 27.3 Å². The predicted octanol–water partition coefficient (Wildman–Crippen LogP) is 4.01. The van der Waals surface area contributed by atoms with Crippen molar-refractivity contribution in [1.82, 2.24) is 24.1 Å². The van der Waals surface area contributed by atoms with E-state index in [4.69, 9.17) is 9.47 Å². The van der Waals surface area contributed by atoms with Crippen LogP contribution < -0.4 is 16.0 Å². The van der Waals surface area contributed by atoms with Gasteiger partial charge in [-0.15, -0.1) is 4.80 Å². The second-order valence-corrected chi connectivity index (χ2v) is 12.5. The molecule has 14 heteroatoms. The molecular formula is C27H29BrN6O6S. The molecule has 4 rings (SSSR count). The molecule has 0 saturated heterocycles. The summed E-state index contributed by atoms with van der Waals surface area (Å²) in [5.74, 6) is -0.859. The molecule has 0 saturated carbocycles. The number of hydrogen-bond donors (Lipinski definition) is 1. The summed E-state index contributed by atoms with van der Waals surface area (Å²) in [6, 6.07) is 7.54. The Morgan fingerprint density at radius 1 is 1.22 bits per heavy atom. The SMILES string of the molecule is COc1ccc(Br)cc1[C@H](Cn1c(=O)n(C(C)(C)C(=O)O)c(=O)c2c(C)c(-n3nccn3)sc21)OCC(C)(C)C#N. The highest BCUT2D eigenvalue weighted by Gasteiger charge is 2.36. The van der Waals surface area contributed by atoms with E-state index in [1.165, 1.54) is 42.7 Å². The molecule has 12 nitrogen and oxygen atoms in total. The number of aryl methyl sites for hydroxylation is 1. The van der Waals surface area contributed by atoms with E-state index < -0.39 is 34.3 Å². The number of benzene rings is 1. The number of fused-ring (bicyclic) bond motifs is 1. The number of carboxylic acids is 1. The summed E-state index contributed by atoms with van der Waals surface area (Å²) in [6.45, 7) is 7.66. The van der Waals surface area contributed by atoms with Gasteiger partial charge in [0.15, 0.2) is 0 Å². The number of nitrogens with zero attached hydrogens (tertiary/aromatic N) is 6. The lowest BCUT2D eigenvalue weighted by atomic mass is 9.97. The van der Waals surface area contributed by atoms with Crippen LogP contribution in [0.4, 0.5) is 0 Å². The zero-order valence-electron chi connectivity index (χ0n) is 23.3. The molecule has 0 fully saturated rings. The van der Waals surface area contributed by atoms with E-state index in [0.29, 0.717) is 26.7 Å². The van der Waals surface area contributed by atoms with Crippen LogP contribution in [0.5, 0.6) is 5.75 Å². The van der Waals surface area contributed by atoms with Gasteiger partial charge in [0.1, 0.15) is 27.2 Å². The standard InChI is InChI=1S/C27H29BrN6O6S/c1-15-20-21(35)33(27(4,5)24(36)37)25(38)32(23(20)41-22(15)34-30-9-10-31-34)12-19(40-14-26(2,3)13-29)17-11-16(28)7-8-18(17)39-6/h7-11,19H,12,14H2,1-6H3,(H,36,37)/t19-/m0/s1. The Labute approximate surface area is 247 Å². The first-order valence-electron chi connectivity index (χ1n) is 12.5. The zero-order chi connectivity index (χ0) is 30.3. The first-order chi connectivity index (χ1) is 19.2. The number of thiophene rings is 1. The topological polar surface area (TPSA) is 154 Å². The van der Waals surface area contributed by atoms with E-state index in [1.54, 1.807) is 39.0 Å². The van der Waals surface area contributed by atoms with Crippen LogP contribution in [0.1, 0.15) is 44.9 Å². The van der Waals surface area contributed by atoms with Crippen molar-refractivity contribution in [2.75, 3.05) is 13.7 Å². The molecule has 3 aromatic heterocycles. The highest BCUT2D eigenvalue weighted by atomic mass is 79.9. The highest BCUT2D eigenvalue weighted by molar-refractivity contribution is 9.10. The quantitative estimate of drug-likeness (QED) is 0.269. The average Bonchev–Trinajstić information content (AvgIpc) is 3.56. The number of halogens is 1. The number of nitriles is 1. The van der Waals surface area contributed by atoms with Crippen LogP contribution in [-0.4, -0.2) is 48.9 Å². The van der Waals surface area contributed by atoms with Gasteiger partial charge in [0.25, 0.3) is 5.56 Å². The summed E-state index contributed by atoms with van der Waals surface area (Å²) in [4.78, 5) is 41.8. The first kappa shape index (κ1) is 30.2. The maximum absolute atomic E-state index is 14.1. The molecule has 41 heavy (non-hydrogen) atoms. The van der Waals surface area contributed by atoms with Gasteiger partial charge in [-0.3, -0.25) is 9.36 Å². The molecule has 0 amide bonds. The predicted molar refractivity (Wildman–Crippen MR) is 156 cm³/mol. The van der Waals surface area contributed by atoms with E-state index in [-0.39, 0.29) is 18.5 Å². The fraction of sp³-hybridized carbons (Fsp3) is 0.407. The second-order valence-electron chi connectivity index (χ2n) is 10.6. The van der Waals surface area contributed by atoms with Crippen LogP contribution in [0.2, 0.25) is 0 Å². The van der Waals surface area contributed by atoms with Crippen LogP contribution in [0.15, 0.2) is 44.7 Å². The van der Waals surface area contributed by atoms with Crippen LogP contribution in [0, 0.1) is 23.7 Å². The van der Waals surface area contributed by atoms with E-state index in [0.717, 1.165) is 20.4 Å². The van der Waals surface area contributed by atoms with Crippen molar-refractivity contribution in [2.45, 2.75) is 52.8 Å². The first-order valence-corrected chi connectivity index (χ1v) is 14.1. The number of aromatic nitrogens is 5. The van der Waals surface area contributed by atoms with E-state index in [1.807, 2.05) is 0 Å². The molecule has 0 aliphatic heterocycles. The monoisotopic (exact) mass is 644 g/mol. The van der Waals surface area contributed by atoms with Gasteiger partial charge in [-0.05, 0) is 52.8 Å². The number of ether oxygens (including phenoxy) is 2. The Bertz CT molecular complexity index is 1780. The van der Waals surface area contributed by atoms with Gasteiger partial charge < -0.3 is 14.6 Å². The summed E-state index contributed by atoms with van der Waals surface area (Å²) < 4.78 is 14.7. The van der Waals surface area contributed by atoms with Gasteiger partial charge in [0.2, 0.25) is 0 Å². The van der Waals surface area contributed by atoms with Gasteiger partial charge in [0.05, 0.1) is 49.5 Å². The number of carbonyl (C=O) groups is 1. The summed E-state index contributed by atoms with van der Waals surface area (Å²) in [5.41, 5.74) is -3.18. The van der Waals surface area contributed by atoms with E-state index in [9.17, 15) is 24.8 Å². The smallest absolute Gasteiger partial charge is 0.333 e. The Hall–Kier alpha value is -3.80. The molecule has 0 aliphatic carbocycles. The lowest BCUT2D eigenvalue weighted by Crippen LogP contribution is -2.52. The third-order valence-corrected chi connectivity index (χ3v) is 8.48.